The second-order valence-electron chi connectivity index (χ2n) is 18.2. The van der Waals surface area contributed by atoms with Gasteiger partial charge in [-0.15, -0.1) is 0 Å². The third-order valence-electron chi connectivity index (χ3n) is 14.6. The Labute approximate surface area is 427 Å². The maximum Gasteiger partial charge on any atom is 0.350 e. The molecule has 0 spiro atoms. The zero-order valence-electron chi connectivity index (χ0n) is 43.6. The molecular formula is C54H69ClN2O15+2. The highest BCUT2D eigenvalue weighted by Gasteiger charge is 2.50. The molecule has 2 unspecified atom stereocenters. The summed E-state index contributed by atoms with van der Waals surface area (Å²) in [7, 11) is 19.9. The van der Waals surface area contributed by atoms with Crippen molar-refractivity contribution in [1.82, 2.24) is 0 Å². The van der Waals surface area contributed by atoms with Gasteiger partial charge in [-0.2, -0.15) is 0 Å². The second kappa shape index (κ2) is 23.0. The van der Waals surface area contributed by atoms with Gasteiger partial charge in [0, 0.05) is 49.3 Å². The van der Waals surface area contributed by atoms with E-state index in [1.54, 1.807) is 78.2 Å². The lowest BCUT2D eigenvalue weighted by Crippen LogP contribution is -2.57. The predicted molar refractivity (Wildman–Crippen MR) is 268 cm³/mol. The monoisotopic (exact) mass is 1020 g/mol. The zero-order chi connectivity index (χ0) is 51.9. The molecule has 0 amide bonds. The van der Waals surface area contributed by atoms with Gasteiger partial charge in [-0.1, -0.05) is 11.6 Å². The van der Waals surface area contributed by atoms with Crippen molar-refractivity contribution in [1.29, 1.82) is 0 Å². The van der Waals surface area contributed by atoms with Crippen LogP contribution in [0.1, 0.15) is 63.9 Å². The first-order chi connectivity index (χ1) is 34.8. The molecular weight excluding hydrogens is 952 g/mol. The number of benzene rings is 4. The van der Waals surface area contributed by atoms with Gasteiger partial charge in [-0.25, -0.2) is 9.59 Å². The molecule has 4 atom stereocenters. The number of esters is 2. The van der Waals surface area contributed by atoms with E-state index in [4.69, 9.17) is 73.2 Å². The minimum absolute atomic E-state index is 0.0574. The first-order valence-corrected chi connectivity index (χ1v) is 24.2. The Kier molecular flexibility index (Phi) is 17.0. The molecule has 0 bridgehead atoms. The number of rotatable bonds is 22. The molecule has 4 aromatic rings. The molecule has 0 saturated carbocycles. The maximum absolute atomic E-state index is 13.3. The van der Waals surface area contributed by atoms with Crippen LogP contribution in [0.5, 0.6) is 63.2 Å². The van der Waals surface area contributed by atoms with Crippen LogP contribution in [0.3, 0.4) is 0 Å². The van der Waals surface area contributed by atoms with Crippen molar-refractivity contribution in [3.8, 4) is 63.2 Å². The van der Waals surface area contributed by atoms with Gasteiger partial charge in [-0.05, 0) is 53.1 Å². The number of carbonyl (C=O) groups excluding carboxylic acids is 2. The molecule has 4 aromatic carbocycles. The Hall–Kier alpha value is -6.43. The lowest BCUT2D eigenvalue weighted by molar-refractivity contribution is -0.973. The lowest BCUT2D eigenvalue weighted by atomic mass is 9.80. The first kappa shape index (κ1) is 53.4. The normalized spacial score (nSPS) is 19.8. The summed E-state index contributed by atoms with van der Waals surface area (Å²) in [5, 5.41) is -0.376. The molecule has 0 fully saturated rings. The average molecular weight is 1020 g/mol. The third kappa shape index (κ3) is 10.2. The van der Waals surface area contributed by atoms with Crippen molar-refractivity contribution in [3.63, 3.8) is 0 Å². The Morgan fingerprint density at radius 1 is 0.569 bits per heavy atom. The summed E-state index contributed by atoms with van der Waals surface area (Å²) in [4.78, 5) is 26.4. The van der Waals surface area contributed by atoms with E-state index in [0.29, 0.717) is 111 Å². The van der Waals surface area contributed by atoms with Gasteiger partial charge >= 0.3 is 11.9 Å². The van der Waals surface area contributed by atoms with Crippen LogP contribution < -0.4 is 52.1 Å². The van der Waals surface area contributed by atoms with Gasteiger partial charge in [-0.3, -0.25) is 0 Å². The molecule has 17 nitrogen and oxygen atoms in total. The van der Waals surface area contributed by atoms with E-state index < -0.39 is 11.9 Å². The molecule has 0 radical (unpaired) electrons. The molecule has 0 N–H and O–H groups in total. The summed E-state index contributed by atoms with van der Waals surface area (Å²) in [5.41, 5.74) is 7.39. The standard InChI is InChI=1S/C54H69ClN2O15/c1-56(19-15-32-24-40(60-2)41(61-3)29-36(32)48(56)35-27-42(62-4)50(67-9)43(28-35)63-5)17-13-21-71-46(58)30-38(55)54(59)72-22-14-18-57-20-16-33-25-44(64-6)52(69-11)53(70-12)47(33)39(57)23-34-26-45(65-7)51(68-10)49(66-8)37(34)31-57/h24-30,39,48H,13-23,31H2,1-12H3/q+2/b38-30-/t39-,48+,56?,57?/m1/s1. The van der Waals surface area contributed by atoms with E-state index in [0.717, 1.165) is 71.0 Å². The summed E-state index contributed by atoms with van der Waals surface area (Å²) >= 11 is 6.42. The Morgan fingerprint density at radius 3 is 1.68 bits per heavy atom. The van der Waals surface area contributed by atoms with E-state index in [1.165, 1.54) is 0 Å². The van der Waals surface area contributed by atoms with Crippen LogP contribution in [0.2, 0.25) is 0 Å². The molecule has 0 aromatic heterocycles. The number of quaternary nitrogens is 2. The number of fused-ring (bicyclic) bond motifs is 5. The topological polar surface area (TPSA) is 154 Å². The van der Waals surface area contributed by atoms with Gasteiger partial charge < -0.3 is 70.5 Å². The zero-order valence-corrected chi connectivity index (χ0v) is 44.3. The summed E-state index contributed by atoms with van der Waals surface area (Å²) in [6.45, 7) is 3.54. The number of hydrogen-bond acceptors (Lipinski definition) is 15. The summed E-state index contributed by atoms with van der Waals surface area (Å²) < 4.78 is 76.4. The summed E-state index contributed by atoms with van der Waals surface area (Å²) in [6, 6.07) is 11.8. The lowest BCUT2D eigenvalue weighted by Gasteiger charge is -2.52. The van der Waals surface area contributed by atoms with Crippen LogP contribution in [0.4, 0.5) is 0 Å². The third-order valence-corrected chi connectivity index (χ3v) is 14.9. The van der Waals surface area contributed by atoms with E-state index in [1.807, 2.05) is 36.4 Å². The van der Waals surface area contributed by atoms with Crippen molar-refractivity contribution >= 4 is 23.5 Å². The molecule has 390 valence electrons. The molecule has 3 aliphatic rings. The number of likely N-dealkylation sites (N-methyl/N-ethyl adjacent to an activating group) is 1. The first-order valence-electron chi connectivity index (χ1n) is 23.8. The molecule has 18 heteroatoms. The summed E-state index contributed by atoms with van der Waals surface area (Å²) in [6.07, 6.45) is 4.11. The molecule has 3 aliphatic heterocycles. The number of halogens is 1. The van der Waals surface area contributed by atoms with E-state index in [-0.39, 0.29) is 30.3 Å². The van der Waals surface area contributed by atoms with Gasteiger partial charge in [0.05, 0.1) is 136 Å². The number of hydrogen-bond donors (Lipinski definition) is 0. The average Bonchev–Trinajstić information content (AvgIpc) is 3.40. The number of methoxy groups -OCH3 is 11. The minimum atomic E-state index is -0.819. The van der Waals surface area contributed by atoms with Crippen LogP contribution in [-0.2, 0) is 44.9 Å². The minimum Gasteiger partial charge on any atom is -0.493 e. The molecule has 72 heavy (non-hydrogen) atoms. The van der Waals surface area contributed by atoms with Crippen LogP contribution in [0.15, 0.2) is 47.5 Å². The smallest absolute Gasteiger partial charge is 0.350 e. The van der Waals surface area contributed by atoms with E-state index in [2.05, 4.69) is 7.05 Å². The molecule has 0 aliphatic carbocycles. The fourth-order valence-corrected chi connectivity index (χ4v) is 11.4. The fraction of sp³-hybridized carbons (Fsp3) is 0.481. The maximum atomic E-state index is 13.3. The molecule has 0 saturated heterocycles. The van der Waals surface area contributed by atoms with Crippen LogP contribution in [-0.4, -0.2) is 146 Å². The quantitative estimate of drug-likeness (QED) is 0.0326. The molecule has 3 heterocycles. The van der Waals surface area contributed by atoms with Crippen molar-refractivity contribution in [2.45, 2.75) is 50.7 Å². The van der Waals surface area contributed by atoms with E-state index in [9.17, 15) is 9.59 Å². The van der Waals surface area contributed by atoms with Crippen LogP contribution in [0, 0.1) is 0 Å². The highest BCUT2D eigenvalue weighted by Crippen LogP contribution is 2.56. The van der Waals surface area contributed by atoms with Gasteiger partial charge in [0.1, 0.15) is 23.7 Å². The highest BCUT2D eigenvalue weighted by atomic mass is 35.5. The molecule has 7 rings (SSSR count). The van der Waals surface area contributed by atoms with Gasteiger partial charge in [0.15, 0.2) is 46.0 Å². The van der Waals surface area contributed by atoms with Crippen molar-refractivity contribution in [2.24, 2.45) is 0 Å². The van der Waals surface area contributed by atoms with Gasteiger partial charge in [0.2, 0.25) is 17.2 Å². The summed E-state index contributed by atoms with van der Waals surface area (Å²) in [5.74, 6) is 4.75. The van der Waals surface area contributed by atoms with Crippen molar-refractivity contribution in [3.05, 3.63) is 86.5 Å². The number of carbonyl (C=O) groups is 2. The Morgan fingerprint density at radius 2 is 1.08 bits per heavy atom. The largest absolute Gasteiger partial charge is 0.493 e. The van der Waals surface area contributed by atoms with E-state index >= 15 is 0 Å². The fourth-order valence-electron chi connectivity index (χ4n) is 11.3. The number of nitrogens with zero attached hydrogens (tertiary/aromatic N) is 2. The predicted octanol–water partition coefficient (Wildman–Crippen LogP) is 7.73. The Balaban J connectivity index is 1.03. The van der Waals surface area contributed by atoms with Crippen LogP contribution >= 0.6 is 11.6 Å². The number of ether oxygens (including phenoxy) is 13. The Bertz CT molecular complexity index is 2650. The SMILES string of the molecule is COc1cc2c(cc1OC)[C@H](c1cc(OC)c(OC)c(OC)c1)[N+](C)(CCCOC(=O)/C=C(\Cl)C(=O)OCCC[N+]13CCc4cc(OC)c(OC)c(OC)c4[C@H]1Cc1cc(OC)c(OC)c(OC)c1C3)CC2. The van der Waals surface area contributed by atoms with Crippen molar-refractivity contribution in [2.75, 3.05) is 125 Å². The highest BCUT2D eigenvalue weighted by molar-refractivity contribution is 6.42. The van der Waals surface area contributed by atoms with Crippen molar-refractivity contribution < 1.29 is 80.1 Å². The van der Waals surface area contributed by atoms with Gasteiger partial charge in [0.25, 0.3) is 0 Å². The van der Waals surface area contributed by atoms with Crippen LogP contribution in [0.25, 0.3) is 0 Å². The second-order valence-corrected chi connectivity index (χ2v) is 18.6.